The van der Waals surface area contributed by atoms with Crippen LogP contribution in [-0.4, -0.2) is 26.1 Å². The molecule has 1 aliphatic rings. The quantitative estimate of drug-likeness (QED) is 0.751. The van der Waals surface area contributed by atoms with Crippen molar-refractivity contribution in [3.63, 3.8) is 0 Å². The van der Waals surface area contributed by atoms with E-state index in [9.17, 15) is 4.79 Å². The van der Waals surface area contributed by atoms with Crippen molar-refractivity contribution in [3.05, 3.63) is 11.9 Å². The van der Waals surface area contributed by atoms with Crippen LogP contribution < -0.4 is 0 Å². The lowest BCUT2D eigenvalue weighted by molar-refractivity contribution is -0.139. The molecule has 1 saturated carbocycles. The molecule has 5 heteroatoms. The SMILES string of the molecule is Cn1ncc(C2C(C(=O)O)C2(C)C)n1. The van der Waals surface area contributed by atoms with E-state index >= 15 is 0 Å². The number of carbonyl (C=O) groups is 1. The molecular weight excluding hydrogens is 182 g/mol. The smallest absolute Gasteiger partial charge is 0.307 e. The van der Waals surface area contributed by atoms with Gasteiger partial charge in [-0.3, -0.25) is 4.79 Å². The Bertz CT molecular complexity index is 383. The molecule has 14 heavy (non-hydrogen) atoms. The number of hydrogen-bond donors (Lipinski definition) is 1. The van der Waals surface area contributed by atoms with Gasteiger partial charge in [-0.2, -0.15) is 15.0 Å². The molecule has 1 aromatic heterocycles. The summed E-state index contributed by atoms with van der Waals surface area (Å²) in [6.07, 6.45) is 1.65. The van der Waals surface area contributed by atoms with Gasteiger partial charge in [0.05, 0.1) is 17.8 Å². The molecule has 1 fully saturated rings. The fourth-order valence-corrected chi connectivity index (χ4v) is 2.15. The Morgan fingerprint density at radius 1 is 1.64 bits per heavy atom. The molecule has 0 spiro atoms. The van der Waals surface area contributed by atoms with E-state index < -0.39 is 5.97 Å². The van der Waals surface area contributed by atoms with Crippen LogP contribution in [0.2, 0.25) is 0 Å². The Morgan fingerprint density at radius 2 is 2.29 bits per heavy atom. The average Bonchev–Trinajstić information content (AvgIpc) is 2.42. The van der Waals surface area contributed by atoms with Gasteiger partial charge < -0.3 is 5.11 Å². The van der Waals surface area contributed by atoms with Crippen molar-refractivity contribution in [3.8, 4) is 0 Å². The minimum atomic E-state index is -0.745. The highest BCUT2D eigenvalue weighted by Crippen LogP contribution is 2.63. The molecule has 5 nitrogen and oxygen atoms in total. The van der Waals surface area contributed by atoms with Crippen LogP contribution in [-0.2, 0) is 11.8 Å². The van der Waals surface area contributed by atoms with Crippen LogP contribution in [0, 0.1) is 11.3 Å². The molecule has 1 heterocycles. The highest BCUT2D eigenvalue weighted by Gasteiger charge is 2.63. The van der Waals surface area contributed by atoms with Crippen molar-refractivity contribution in [1.29, 1.82) is 0 Å². The molecule has 0 saturated heterocycles. The average molecular weight is 195 g/mol. The second-order valence-corrected chi connectivity index (χ2v) is 4.37. The number of hydrogen-bond acceptors (Lipinski definition) is 3. The van der Waals surface area contributed by atoms with Gasteiger partial charge in [-0.05, 0) is 5.41 Å². The van der Waals surface area contributed by atoms with E-state index in [1.807, 2.05) is 13.8 Å². The summed E-state index contributed by atoms with van der Waals surface area (Å²) in [6.45, 7) is 3.90. The van der Waals surface area contributed by atoms with Crippen LogP contribution in [0.5, 0.6) is 0 Å². The summed E-state index contributed by atoms with van der Waals surface area (Å²) in [5.41, 5.74) is 0.590. The molecule has 2 unspecified atom stereocenters. The monoisotopic (exact) mass is 195 g/mol. The van der Waals surface area contributed by atoms with Crippen LogP contribution in [0.4, 0.5) is 0 Å². The van der Waals surface area contributed by atoms with Crippen LogP contribution in [0.15, 0.2) is 6.20 Å². The van der Waals surface area contributed by atoms with Gasteiger partial charge >= 0.3 is 5.97 Å². The summed E-state index contributed by atoms with van der Waals surface area (Å²) in [5.74, 6) is -1.06. The lowest BCUT2D eigenvalue weighted by atomic mass is 10.1. The minimum absolute atomic E-state index is 0.00806. The van der Waals surface area contributed by atoms with E-state index in [4.69, 9.17) is 5.11 Å². The summed E-state index contributed by atoms with van der Waals surface area (Å²) >= 11 is 0. The van der Waals surface area contributed by atoms with Crippen molar-refractivity contribution in [1.82, 2.24) is 15.0 Å². The number of carboxylic acid groups (broad SMARTS) is 1. The Morgan fingerprint density at radius 3 is 2.64 bits per heavy atom. The number of rotatable bonds is 2. The first kappa shape index (κ1) is 9.18. The first-order valence-electron chi connectivity index (χ1n) is 4.53. The second kappa shape index (κ2) is 2.56. The zero-order valence-electron chi connectivity index (χ0n) is 8.43. The zero-order valence-corrected chi connectivity index (χ0v) is 8.43. The van der Waals surface area contributed by atoms with Crippen molar-refractivity contribution < 1.29 is 9.90 Å². The normalized spacial score (nSPS) is 28.8. The fourth-order valence-electron chi connectivity index (χ4n) is 2.15. The predicted molar refractivity (Wildman–Crippen MR) is 48.7 cm³/mol. The summed E-state index contributed by atoms with van der Waals surface area (Å²) in [4.78, 5) is 12.4. The van der Waals surface area contributed by atoms with Crippen LogP contribution in [0.3, 0.4) is 0 Å². The summed E-state index contributed by atoms with van der Waals surface area (Å²) < 4.78 is 0. The van der Waals surface area contributed by atoms with Gasteiger partial charge in [0.1, 0.15) is 0 Å². The second-order valence-electron chi connectivity index (χ2n) is 4.37. The maximum absolute atomic E-state index is 10.9. The minimum Gasteiger partial charge on any atom is -0.481 e. The Kier molecular flexibility index (Phi) is 1.68. The predicted octanol–water partition coefficient (Wildman–Crippen LogP) is 0.639. The molecule has 1 aliphatic carbocycles. The molecular formula is C9H13N3O2. The van der Waals surface area contributed by atoms with Crippen LogP contribution in [0.25, 0.3) is 0 Å². The highest BCUT2D eigenvalue weighted by molar-refractivity contribution is 5.77. The first-order valence-corrected chi connectivity index (χ1v) is 4.53. The van der Waals surface area contributed by atoms with Crippen molar-refractivity contribution in [2.45, 2.75) is 19.8 Å². The van der Waals surface area contributed by atoms with E-state index in [0.717, 1.165) is 5.69 Å². The molecule has 1 N–H and O–H groups in total. The first-order chi connectivity index (χ1) is 6.44. The van der Waals surface area contributed by atoms with E-state index in [2.05, 4.69) is 10.2 Å². The van der Waals surface area contributed by atoms with E-state index in [0.29, 0.717) is 0 Å². The maximum Gasteiger partial charge on any atom is 0.307 e. The zero-order chi connectivity index (χ0) is 10.5. The third-order valence-electron chi connectivity index (χ3n) is 3.03. The van der Waals surface area contributed by atoms with Gasteiger partial charge in [-0.15, -0.1) is 0 Å². The third kappa shape index (κ3) is 1.12. The van der Waals surface area contributed by atoms with Crippen molar-refractivity contribution in [2.75, 3.05) is 0 Å². The van der Waals surface area contributed by atoms with Gasteiger partial charge in [0.2, 0.25) is 0 Å². The number of carboxylic acids is 1. The van der Waals surface area contributed by atoms with Gasteiger partial charge in [-0.25, -0.2) is 0 Å². The lowest BCUT2D eigenvalue weighted by Crippen LogP contribution is -2.03. The third-order valence-corrected chi connectivity index (χ3v) is 3.03. The summed E-state index contributed by atoms with van der Waals surface area (Å²) in [5, 5.41) is 17.1. The molecule has 76 valence electrons. The Hall–Kier alpha value is -1.39. The van der Waals surface area contributed by atoms with E-state index in [1.165, 1.54) is 4.80 Å². The van der Waals surface area contributed by atoms with Crippen molar-refractivity contribution >= 4 is 5.97 Å². The van der Waals surface area contributed by atoms with Crippen LogP contribution in [0.1, 0.15) is 25.5 Å². The Balaban J connectivity index is 2.27. The number of nitrogens with zero attached hydrogens (tertiary/aromatic N) is 3. The summed E-state index contributed by atoms with van der Waals surface area (Å²) in [6, 6.07) is 0. The fraction of sp³-hybridized carbons (Fsp3) is 0.667. The van der Waals surface area contributed by atoms with Crippen LogP contribution >= 0.6 is 0 Å². The largest absolute Gasteiger partial charge is 0.481 e. The molecule has 0 aromatic carbocycles. The maximum atomic E-state index is 10.9. The number of aromatic nitrogens is 3. The summed E-state index contributed by atoms with van der Waals surface area (Å²) in [7, 11) is 1.73. The molecule has 2 atom stereocenters. The van der Waals surface area contributed by atoms with Gasteiger partial charge in [0, 0.05) is 13.0 Å². The number of aryl methyl sites for hydroxylation is 1. The molecule has 0 amide bonds. The molecule has 0 bridgehead atoms. The molecule has 0 aliphatic heterocycles. The Labute approximate surface area is 81.7 Å². The molecule has 1 aromatic rings. The topological polar surface area (TPSA) is 68.0 Å². The molecule has 2 rings (SSSR count). The van der Waals surface area contributed by atoms with Crippen molar-refractivity contribution in [2.24, 2.45) is 18.4 Å². The standard InChI is InChI=1S/C9H13N3O2/c1-9(2)6(7(9)8(13)14)5-4-10-12(3)11-5/h4,6-7H,1-3H3,(H,13,14). The van der Waals surface area contributed by atoms with Gasteiger partial charge in [-0.1, -0.05) is 13.8 Å². The highest BCUT2D eigenvalue weighted by atomic mass is 16.4. The van der Waals surface area contributed by atoms with E-state index in [-0.39, 0.29) is 17.3 Å². The van der Waals surface area contributed by atoms with E-state index in [1.54, 1.807) is 13.2 Å². The molecule has 0 radical (unpaired) electrons. The van der Waals surface area contributed by atoms with Gasteiger partial charge in [0.15, 0.2) is 0 Å². The number of aliphatic carboxylic acids is 1. The lowest BCUT2D eigenvalue weighted by Gasteiger charge is -1.97. The van der Waals surface area contributed by atoms with Gasteiger partial charge in [0.25, 0.3) is 0 Å².